The van der Waals surface area contributed by atoms with Crippen molar-refractivity contribution < 1.29 is 14.3 Å². The second-order valence-electron chi connectivity index (χ2n) is 8.69. The summed E-state index contributed by atoms with van der Waals surface area (Å²) in [6, 6.07) is 14.7. The molecule has 0 bridgehead atoms. The highest BCUT2D eigenvalue weighted by Crippen LogP contribution is 2.22. The number of nitrogens with one attached hydrogen (secondary N) is 1. The van der Waals surface area contributed by atoms with Crippen molar-refractivity contribution in [3.05, 3.63) is 59.1 Å². The zero-order chi connectivity index (χ0) is 23.7. The maximum Gasteiger partial charge on any atom is 0.242 e. The SMILES string of the molecule is COc1cccc(CN(C(=O)CCCSc2ccc(Cl)cc2)[C@H](C)C(=O)NC(C)(C)C)c1. The van der Waals surface area contributed by atoms with Gasteiger partial charge in [0, 0.05) is 28.4 Å². The molecule has 174 valence electrons. The Morgan fingerprint density at radius 3 is 2.47 bits per heavy atom. The number of benzene rings is 2. The van der Waals surface area contributed by atoms with Gasteiger partial charge in [-0.25, -0.2) is 0 Å². The molecule has 1 N–H and O–H groups in total. The van der Waals surface area contributed by atoms with Crippen LogP contribution in [0.1, 0.15) is 46.1 Å². The van der Waals surface area contributed by atoms with Gasteiger partial charge in [0.1, 0.15) is 11.8 Å². The molecule has 2 rings (SSSR count). The third kappa shape index (κ3) is 8.75. The summed E-state index contributed by atoms with van der Waals surface area (Å²) in [6.45, 7) is 7.92. The number of carbonyl (C=O) groups is 2. The first-order chi connectivity index (χ1) is 15.1. The fraction of sp³-hybridized carbons (Fsp3) is 0.440. The number of amides is 2. The van der Waals surface area contributed by atoms with Crippen molar-refractivity contribution in [3.63, 3.8) is 0 Å². The molecule has 1 atom stereocenters. The number of carbonyl (C=O) groups excluding carboxylic acids is 2. The summed E-state index contributed by atoms with van der Waals surface area (Å²) in [6.07, 6.45) is 1.09. The molecule has 0 spiro atoms. The van der Waals surface area contributed by atoms with Crippen molar-refractivity contribution in [1.82, 2.24) is 10.2 Å². The van der Waals surface area contributed by atoms with E-state index in [1.807, 2.05) is 69.3 Å². The zero-order valence-electron chi connectivity index (χ0n) is 19.5. The number of nitrogens with zero attached hydrogens (tertiary/aromatic N) is 1. The van der Waals surface area contributed by atoms with Crippen molar-refractivity contribution in [2.24, 2.45) is 0 Å². The Morgan fingerprint density at radius 2 is 1.84 bits per heavy atom. The first-order valence-electron chi connectivity index (χ1n) is 10.7. The Hall–Kier alpha value is -2.18. The van der Waals surface area contributed by atoms with Gasteiger partial charge in [-0.1, -0.05) is 23.7 Å². The van der Waals surface area contributed by atoms with Gasteiger partial charge < -0.3 is 15.0 Å². The van der Waals surface area contributed by atoms with E-state index in [0.29, 0.717) is 24.4 Å². The number of halogens is 1. The van der Waals surface area contributed by atoms with Crippen LogP contribution in [0.25, 0.3) is 0 Å². The number of ether oxygens (including phenoxy) is 1. The minimum absolute atomic E-state index is 0.0407. The lowest BCUT2D eigenvalue weighted by atomic mass is 10.1. The summed E-state index contributed by atoms with van der Waals surface area (Å²) in [5.41, 5.74) is 0.550. The maximum atomic E-state index is 13.2. The molecule has 0 unspecified atom stereocenters. The van der Waals surface area contributed by atoms with E-state index in [0.717, 1.165) is 22.0 Å². The van der Waals surface area contributed by atoms with E-state index < -0.39 is 6.04 Å². The quantitative estimate of drug-likeness (QED) is 0.360. The van der Waals surface area contributed by atoms with E-state index >= 15 is 0 Å². The highest BCUT2D eigenvalue weighted by Gasteiger charge is 2.28. The molecule has 0 aliphatic heterocycles. The summed E-state index contributed by atoms with van der Waals surface area (Å²) in [5, 5.41) is 3.69. The van der Waals surface area contributed by atoms with Gasteiger partial charge in [-0.05, 0) is 81.8 Å². The minimum atomic E-state index is -0.586. The molecule has 0 fully saturated rings. The lowest BCUT2D eigenvalue weighted by molar-refractivity contribution is -0.141. The van der Waals surface area contributed by atoms with Gasteiger partial charge >= 0.3 is 0 Å². The van der Waals surface area contributed by atoms with E-state index in [1.54, 1.807) is 30.7 Å². The van der Waals surface area contributed by atoms with Crippen LogP contribution in [-0.4, -0.2) is 41.2 Å². The molecule has 0 radical (unpaired) electrons. The zero-order valence-corrected chi connectivity index (χ0v) is 21.1. The van der Waals surface area contributed by atoms with Gasteiger partial charge in [0.25, 0.3) is 0 Å². The molecular formula is C25H33ClN2O3S. The van der Waals surface area contributed by atoms with Crippen LogP contribution in [0.5, 0.6) is 5.75 Å². The number of rotatable bonds is 10. The molecule has 2 aromatic carbocycles. The first kappa shape index (κ1) is 26.1. The third-order valence-electron chi connectivity index (χ3n) is 4.77. The first-order valence-corrected chi connectivity index (χ1v) is 12.1. The van der Waals surface area contributed by atoms with E-state index in [1.165, 1.54) is 0 Å². The van der Waals surface area contributed by atoms with E-state index in [2.05, 4.69) is 5.32 Å². The Morgan fingerprint density at radius 1 is 1.16 bits per heavy atom. The largest absolute Gasteiger partial charge is 0.497 e. The second-order valence-corrected chi connectivity index (χ2v) is 10.3. The van der Waals surface area contributed by atoms with E-state index in [4.69, 9.17) is 16.3 Å². The molecule has 0 saturated heterocycles. The Kier molecular flexibility index (Phi) is 9.91. The average Bonchev–Trinajstić information content (AvgIpc) is 2.74. The van der Waals surface area contributed by atoms with Gasteiger partial charge in [0.15, 0.2) is 0 Å². The molecule has 0 heterocycles. The van der Waals surface area contributed by atoms with Crippen LogP contribution in [0.3, 0.4) is 0 Å². The van der Waals surface area contributed by atoms with Crippen molar-refractivity contribution in [1.29, 1.82) is 0 Å². The van der Waals surface area contributed by atoms with Crippen LogP contribution >= 0.6 is 23.4 Å². The fourth-order valence-electron chi connectivity index (χ4n) is 3.11. The number of hydrogen-bond acceptors (Lipinski definition) is 4. The Bertz CT molecular complexity index is 897. The van der Waals surface area contributed by atoms with Crippen molar-refractivity contribution in [2.45, 2.75) is 63.6 Å². The molecule has 2 aromatic rings. The van der Waals surface area contributed by atoms with Crippen LogP contribution in [0.4, 0.5) is 0 Å². The van der Waals surface area contributed by atoms with Gasteiger partial charge in [-0.2, -0.15) is 0 Å². The molecule has 0 saturated carbocycles. The standard InChI is InChI=1S/C25H33ClN2O3S/c1-18(24(30)27-25(2,3)4)28(17-19-8-6-9-21(16-19)31-5)23(29)10-7-15-32-22-13-11-20(26)12-14-22/h6,8-9,11-14,16,18H,7,10,15,17H2,1-5H3,(H,27,30)/t18-/m1/s1. The lowest BCUT2D eigenvalue weighted by Gasteiger charge is -2.31. The van der Waals surface area contributed by atoms with Crippen molar-refractivity contribution in [2.75, 3.05) is 12.9 Å². The maximum absolute atomic E-state index is 13.2. The summed E-state index contributed by atoms with van der Waals surface area (Å²) in [7, 11) is 1.61. The molecule has 0 aromatic heterocycles. The van der Waals surface area contributed by atoms with Crippen LogP contribution < -0.4 is 10.1 Å². The molecule has 0 aliphatic rings. The molecular weight excluding hydrogens is 444 g/mol. The number of hydrogen-bond donors (Lipinski definition) is 1. The summed E-state index contributed by atoms with van der Waals surface area (Å²) < 4.78 is 5.31. The fourth-order valence-corrected chi connectivity index (χ4v) is 4.09. The van der Waals surface area contributed by atoms with Gasteiger partial charge in [-0.3, -0.25) is 9.59 Å². The highest BCUT2D eigenvalue weighted by molar-refractivity contribution is 7.99. The van der Waals surface area contributed by atoms with E-state index in [9.17, 15) is 9.59 Å². The van der Waals surface area contributed by atoms with E-state index in [-0.39, 0.29) is 17.4 Å². The van der Waals surface area contributed by atoms with Crippen molar-refractivity contribution >= 4 is 35.2 Å². The van der Waals surface area contributed by atoms with Crippen LogP contribution in [-0.2, 0) is 16.1 Å². The third-order valence-corrected chi connectivity index (χ3v) is 6.12. The van der Waals surface area contributed by atoms with Gasteiger partial charge in [0.05, 0.1) is 7.11 Å². The van der Waals surface area contributed by atoms with Crippen molar-refractivity contribution in [3.8, 4) is 5.75 Å². The topological polar surface area (TPSA) is 58.6 Å². The second kappa shape index (κ2) is 12.2. The predicted octanol–water partition coefficient (Wildman–Crippen LogP) is 5.55. The highest BCUT2D eigenvalue weighted by atomic mass is 35.5. The Labute approximate surface area is 200 Å². The molecule has 7 heteroatoms. The van der Waals surface area contributed by atoms with Crippen LogP contribution in [0.15, 0.2) is 53.4 Å². The minimum Gasteiger partial charge on any atom is -0.497 e. The monoisotopic (exact) mass is 476 g/mol. The van der Waals surface area contributed by atoms with Gasteiger partial charge in [-0.15, -0.1) is 11.8 Å². The number of methoxy groups -OCH3 is 1. The predicted molar refractivity (Wildman–Crippen MR) is 132 cm³/mol. The number of thioether (sulfide) groups is 1. The Balaban J connectivity index is 2.05. The van der Waals surface area contributed by atoms with Crippen LogP contribution in [0.2, 0.25) is 5.02 Å². The van der Waals surface area contributed by atoms with Crippen LogP contribution in [0, 0.1) is 0 Å². The lowest BCUT2D eigenvalue weighted by Crippen LogP contribution is -2.52. The smallest absolute Gasteiger partial charge is 0.242 e. The summed E-state index contributed by atoms with van der Waals surface area (Å²) in [4.78, 5) is 28.7. The molecule has 0 aliphatic carbocycles. The molecule has 32 heavy (non-hydrogen) atoms. The summed E-state index contributed by atoms with van der Waals surface area (Å²) >= 11 is 7.62. The average molecular weight is 477 g/mol. The summed E-state index contributed by atoms with van der Waals surface area (Å²) in [5.74, 6) is 1.33. The normalized spacial score (nSPS) is 12.2. The van der Waals surface area contributed by atoms with Gasteiger partial charge in [0.2, 0.25) is 11.8 Å². The molecule has 5 nitrogen and oxygen atoms in total. The molecule has 2 amide bonds.